The van der Waals surface area contributed by atoms with E-state index in [9.17, 15) is 4.79 Å². The average Bonchev–Trinajstić information content (AvgIpc) is 3.48. The van der Waals surface area contributed by atoms with Crippen molar-refractivity contribution in [1.29, 1.82) is 0 Å². The Morgan fingerprint density at radius 1 is 1.24 bits per heavy atom. The van der Waals surface area contributed by atoms with Crippen LogP contribution in [0, 0.1) is 0 Å². The van der Waals surface area contributed by atoms with E-state index in [-0.39, 0.29) is 5.91 Å². The fraction of sp³-hybridized carbons (Fsp3) is 0.381. The van der Waals surface area contributed by atoms with E-state index in [1.807, 2.05) is 47.9 Å². The van der Waals surface area contributed by atoms with Gasteiger partial charge in [-0.25, -0.2) is 0 Å². The maximum absolute atomic E-state index is 12.3. The lowest BCUT2D eigenvalue weighted by Gasteiger charge is -2.12. The number of ether oxygens (including phenoxy) is 1. The smallest absolute Gasteiger partial charge is 0.230 e. The van der Waals surface area contributed by atoms with Gasteiger partial charge < -0.3 is 14.5 Å². The molecule has 0 atom stereocenters. The second-order valence-electron chi connectivity index (χ2n) is 6.88. The number of carbonyl (C=O) groups excluding carboxylic acids is 1. The summed E-state index contributed by atoms with van der Waals surface area (Å²) in [6, 6.07) is 11.7. The van der Waals surface area contributed by atoms with Crippen LogP contribution in [0.25, 0.3) is 17.3 Å². The SMILES string of the molecule is CCOc1ccc(-n2c(SCC(=O)NC3CCCC3)nnc2-c2ccco2)cc1. The van der Waals surface area contributed by atoms with Crippen molar-refractivity contribution in [2.75, 3.05) is 12.4 Å². The lowest BCUT2D eigenvalue weighted by atomic mass is 10.2. The summed E-state index contributed by atoms with van der Waals surface area (Å²) in [4.78, 5) is 12.3. The van der Waals surface area contributed by atoms with Crippen LogP contribution in [-0.4, -0.2) is 39.1 Å². The first-order valence-corrected chi connectivity index (χ1v) is 10.9. The molecule has 0 unspecified atom stereocenters. The highest BCUT2D eigenvalue weighted by molar-refractivity contribution is 7.99. The Labute approximate surface area is 173 Å². The van der Waals surface area contributed by atoms with Gasteiger partial charge in [0.15, 0.2) is 10.9 Å². The quantitative estimate of drug-likeness (QED) is 0.562. The average molecular weight is 413 g/mol. The minimum Gasteiger partial charge on any atom is -0.494 e. The van der Waals surface area contributed by atoms with E-state index in [0.717, 1.165) is 24.3 Å². The van der Waals surface area contributed by atoms with Crippen molar-refractivity contribution in [1.82, 2.24) is 20.1 Å². The predicted octanol–water partition coefficient (Wildman–Crippen LogP) is 4.08. The summed E-state index contributed by atoms with van der Waals surface area (Å²) in [6.07, 6.45) is 6.13. The Kier molecular flexibility index (Phi) is 6.19. The number of carbonyl (C=O) groups is 1. The molecule has 0 aliphatic heterocycles. The standard InChI is InChI=1S/C21H24N4O3S/c1-2-27-17-11-9-16(10-12-17)25-20(18-8-5-13-28-18)23-24-21(25)29-14-19(26)22-15-6-3-4-7-15/h5,8-13,15H,2-4,6-7,14H2,1H3,(H,22,26). The number of rotatable bonds is 8. The van der Waals surface area contributed by atoms with Gasteiger partial charge in [0.25, 0.3) is 0 Å². The zero-order valence-corrected chi connectivity index (χ0v) is 17.2. The molecule has 29 heavy (non-hydrogen) atoms. The first-order valence-electron chi connectivity index (χ1n) is 9.89. The van der Waals surface area contributed by atoms with Crippen molar-refractivity contribution < 1.29 is 13.9 Å². The molecular formula is C21H24N4O3S. The highest BCUT2D eigenvalue weighted by Gasteiger charge is 2.21. The summed E-state index contributed by atoms with van der Waals surface area (Å²) in [7, 11) is 0. The molecule has 7 nitrogen and oxygen atoms in total. The Morgan fingerprint density at radius 3 is 2.72 bits per heavy atom. The van der Waals surface area contributed by atoms with Crippen LogP contribution in [0.1, 0.15) is 32.6 Å². The second-order valence-corrected chi connectivity index (χ2v) is 7.83. The number of benzene rings is 1. The van der Waals surface area contributed by atoms with Gasteiger partial charge in [0.2, 0.25) is 11.7 Å². The molecule has 4 rings (SSSR count). The molecule has 1 amide bonds. The molecule has 0 radical (unpaired) electrons. The van der Waals surface area contributed by atoms with Gasteiger partial charge in [-0.1, -0.05) is 24.6 Å². The van der Waals surface area contributed by atoms with Crippen LogP contribution in [0.5, 0.6) is 5.75 Å². The molecule has 3 aromatic rings. The number of aromatic nitrogens is 3. The number of nitrogens with one attached hydrogen (secondary N) is 1. The Bertz CT molecular complexity index is 932. The summed E-state index contributed by atoms with van der Waals surface area (Å²) in [5.74, 6) is 2.34. The van der Waals surface area contributed by atoms with E-state index in [1.54, 1.807) is 6.26 Å². The van der Waals surface area contributed by atoms with E-state index in [2.05, 4.69) is 15.5 Å². The Hall–Kier alpha value is -2.74. The van der Waals surface area contributed by atoms with Gasteiger partial charge in [-0.05, 0) is 56.2 Å². The summed E-state index contributed by atoms with van der Waals surface area (Å²) >= 11 is 1.37. The highest BCUT2D eigenvalue weighted by Crippen LogP contribution is 2.29. The van der Waals surface area contributed by atoms with Crippen molar-refractivity contribution >= 4 is 17.7 Å². The minimum atomic E-state index is 0.0303. The van der Waals surface area contributed by atoms with Gasteiger partial charge >= 0.3 is 0 Å². The lowest BCUT2D eigenvalue weighted by Crippen LogP contribution is -2.33. The number of hydrogen-bond donors (Lipinski definition) is 1. The Balaban J connectivity index is 1.56. The van der Waals surface area contributed by atoms with E-state index >= 15 is 0 Å². The van der Waals surface area contributed by atoms with E-state index in [1.165, 1.54) is 24.6 Å². The number of thioether (sulfide) groups is 1. The third-order valence-electron chi connectivity index (χ3n) is 4.83. The molecule has 1 aliphatic carbocycles. The normalized spacial score (nSPS) is 14.2. The molecular weight excluding hydrogens is 388 g/mol. The van der Waals surface area contributed by atoms with Gasteiger partial charge in [-0.3, -0.25) is 9.36 Å². The zero-order chi connectivity index (χ0) is 20.1. The highest BCUT2D eigenvalue weighted by atomic mass is 32.2. The third-order valence-corrected chi connectivity index (χ3v) is 5.76. The van der Waals surface area contributed by atoms with Crippen LogP contribution in [0.3, 0.4) is 0 Å². The maximum atomic E-state index is 12.3. The number of furan rings is 1. The first-order chi connectivity index (χ1) is 14.2. The first kappa shape index (κ1) is 19.6. The number of nitrogens with zero attached hydrogens (tertiary/aromatic N) is 3. The molecule has 1 aliphatic rings. The molecule has 0 spiro atoms. The van der Waals surface area contributed by atoms with Crippen molar-refractivity contribution in [2.45, 2.75) is 43.8 Å². The van der Waals surface area contributed by atoms with E-state index < -0.39 is 0 Å². The minimum absolute atomic E-state index is 0.0303. The van der Waals surface area contributed by atoms with Crippen LogP contribution >= 0.6 is 11.8 Å². The fourth-order valence-electron chi connectivity index (χ4n) is 3.49. The largest absolute Gasteiger partial charge is 0.494 e. The lowest BCUT2D eigenvalue weighted by molar-refractivity contribution is -0.119. The topological polar surface area (TPSA) is 82.2 Å². The summed E-state index contributed by atoms with van der Waals surface area (Å²) < 4.78 is 13.0. The van der Waals surface area contributed by atoms with Gasteiger partial charge in [0.1, 0.15) is 5.75 Å². The van der Waals surface area contributed by atoms with Crippen LogP contribution in [0.2, 0.25) is 0 Å². The molecule has 1 N–H and O–H groups in total. The van der Waals surface area contributed by atoms with Gasteiger partial charge in [-0.2, -0.15) is 0 Å². The molecule has 2 heterocycles. The summed E-state index contributed by atoms with van der Waals surface area (Å²) in [5, 5.41) is 12.4. The molecule has 8 heteroatoms. The number of hydrogen-bond acceptors (Lipinski definition) is 6. The zero-order valence-electron chi connectivity index (χ0n) is 16.3. The van der Waals surface area contributed by atoms with Crippen molar-refractivity contribution in [3.63, 3.8) is 0 Å². The van der Waals surface area contributed by atoms with Crippen molar-refractivity contribution in [3.05, 3.63) is 42.7 Å². The second kappa shape index (κ2) is 9.17. The van der Waals surface area contributed by atoms with E-state index in [0.29, 0.717) is 35.1 Å². The molecule has 0 saturated heterocycles. The third kappa shape index (κ3) is 4.64. The maximum Gasteiger partial charge on any atom is 0.230 e. The van der Waals surface area contributed by atoms with Crippen LogP contribution in [0.15, 0.2) is 52.2 Å². The fourth-order valence-corrected chi connectivity index (χ4v) is 4.25. The predicted molar refractivity (Wildman–Crippen MR) is 111 cm³/mol. The monoisotopic (exact) mass is 412 g/mol. The van der Waals surface area contributed by atoms with Gasteiger partial charge in [0, 0.05) is 6.04 Å². The van der Waals surface area contributed by atoms with Gasteiger partial charge in [-0.15, -0.1) is 10.2 Å². The van der Waals surface area contributed by atoms with Crippen LogP contribution in [0.4, 0.5) is 0 Å². The molecule has 152 valence electrons. The van der Waals surface area contributed by atoms with Crippen molar-refractivity contribution in [3.8, 4) is 23.0 Å². The van der Waals surface area contributed by atoms with Crippen molar-refractivity contribution in [2.24, 2.45) is 0 Å². The molecule has 2 aromatic heterocycles. The Morgan fingerprint density at radius 2 is 2.03 bits per heavy atom. The molecule has 1 fully saturated rings. The van der Waals surface area contributed by atoms with Crippen LogP contribution < -0.4 is 10.1 Å². The number of amides is 1. The summed E-state index contributed by atoms with van der Waals surface area (Å²) in [5.41, 5.74) is 0.878. The summed E-state index contributed by atoms with van der Waals surface area (Å²) in [6.45, 7) is 2.56. The van der Waals surface area contributed by atoms with Crippen LogP contribution in [-0.2, 0) is 4.79 Å². The van der Waals surface area contributed by atoms with E-state index in [4.69, 9.17) is 9.15 Å². The molecule has 1 aromatic carbocycles. The molecule has 1 saturated carbocycles. The molecule has 0 bridgehead atoms. The van der Waals surface area contributed by atoms with Gasteiger partial charge in [0.05, 0.1) is 24.3 Å².